The number of phenolic OH excluding ortho intramolecular Hbond substituents is 1. The van der Waals surface area contributed by atoms with E-state index in [4.69, 9.17) is 4.74 Å². The van der Waals surface area contributed by atoms with Crippen LogP contribution in [-0.4, -0.2) is 33.9 Å². The number of alkyl halides is 1. The summed E-state index contributed by atoms with van der Waals surface area (Å²) in [4.78, 5) is 0. The Hall–Kier alpha value is -0.780. The van der Waals surface area contributed by atoms with E-state index < -0.39 is 12.2 Å². The number of methoxy groups -OCH3 is 1. The summed E-state index contributed by atoms with van der Waals surface area (Å²) < 4.78 is 4.92. The number of benzene rings is 1. The van der Waals surface area contributed by atoms with E-state index in [-0.39, 0.29) is 11.5 Å². The summed E-state index contributed by atoms with van der Waals surface area (Å²) >= 11 is 3.19. The Morgan fingerprint density at radius 1 is 1.38 bits per heavy atom. The fraction of sp³-hybridized carbons (Fsp3) is 0.455. The lowest BCUT2D eigenvalue weighted by Crippen LogP contribution is -2.18. The minimum atomic E-state index is -0.980. The van der Waals surface area contributed by atoms with Crippen LogP contribution in [0.25, 0.3) is 0 Å². The average molecular weight is 291 g/mol. The lowest BCUT2D eigenvalue weighted by molar-refractivity contribution is 0.0172. The van der Waals surface area contributed by atoms with Crippen LogP contribution in [0.4, 0.5) is 0 Å². The Morgan fingerprint density at radius 3 is 2.62 bits per heavy atom. The first-order chi connectivity index (χ1) is 7.60. The maximum atomic E-state index is 9.82. The monoisotopic (exact) mass is 290 g/mol. The number of aromatic hydroxyl groups is 1. The number of hydrogen-bond acceptors (Lipinski definition) is 4. The number of ether oxygens (including phenoxy) is 1. The van der Waals surface area contributed by atoms with Crippen molar-refractivity contribution in [2.45, 2.75) is 18.6 Å². The van der Waals surface area contributed by atoms with E-state index in [2.05, 4.69) is 15.9 Å². The van der Waals surface area contributed by atoms with Gasteiger partial charge in [-0.1, -0.05) is 22.0 Å². The third-order valence-corrected chi connectivity index (χ3v) is 2.77. The minimum absolute atomic E-state index is 0.00781. The second-order valence-corrected chi connectivity index (χ2v) is 4.21. The second kappa shape index (κ2) is 6.08. The SMILES string of the molecule is COc1cc(C(O)C(O)CCBr)ccc1O. The summed E-state index contributed by atoms with van der Waals surface area (Å²) in [5.41, 5.74) is 0.517. The van der Waals surface area contributed by atoms with E-state index in [1.165, 1.54) is 19.2 Å². The van der Waals surface area contributed by atoms with E-state index in [9.17, 15) is 15.3 Å². The molecule has 3 N–H and O–H groups in total. The highest BCUT2D eigenvalue weighted by Crippen LogP contribution is 2.30. The molecule has 4 nitrogen and oxygen atoms in total. The van der Waals surface area contributed by atoms with Gasteiger partial charge in [-0.05, 0) is 24.1 Å². The molecule has 0 saturated heterocycles. The minimum Gasteiger partial charge on any atom is -0.504 e. The van der Waals surface area contributed by atoms with Gasteiger partial charge in [0.1, 0.15) is 6.10 Å². The first kappa shape index (κ1) is 13.3. The zero-order valence-electron chi connectivity index (χ0n) is 8.93. The third kappa shape index (κ3) is 3.10. The van der Waals surface area contributed by atoms with Crippen LogP contribution in [-0.2, 0) is 0 Å². The summed E-state index contributed by atoms with van der Waals surface area (Å²) in [6.07, 6.45) is -1.37. The van der Waals surface area contributed by atoms with Gasteiger partial charge >= 0.3 is 0 Å². The molecule has 0 amide bonds. The Morgan fingerprint density at radius 2 is 2.06 bits per heavy atom. The topological polar surface area (TPSA) is 69.9 Å². The van der Waals surface area contributed by atoms with Crippen LogP contribution in [0.3, 0.4) is 0 Å². The van der Waals surface area contributed by atoms with Gasteiger partial charge in [0.2, 0.25) is 0 Å². The quantitative estimate of drug-likeness (QED) is 0.720. The van der Waals surface area contributed by atoms with Gasteiger partial charge in [-0.25, -0.2) is 0 Å². The van der Waals surface area contributed by atoms with Crippen molar-refractivity contribution in [2.75, 3.05) is 12.4 Å². The highest BCUT2D eigenvalue weighted by molar-refractivity contribution is 9.09. The predicted octanol–water partition coefficient (Wildman–Crippen LogP) is 1.58. The van der Waals surface area contributed by atoms with Gasteiger partial charge in [-0.2, -0.15) is 0 Å². The van der Waals surface area contributed by atoms with Gasteiger partial charge in [-0.3, -0.25) is 0 Å². The van der Waals surface area contributed by atoms with Gasteiger partial charge in [0.15, 0.2) is 11.5 Å². The van der Waals surface area contributed by atoms with Crippen LogP contribution in [0.15, 0.2) is 18.2 Å². The lowest BCUT2D eigenvalue weighted by Gasteiger charge is -2.18. The Kier molecular flexibility index (Phi) is 5.05. The zero-order valence-corrected chi connectivity index (χ0v) is 10.5. The number of hydrogen-bond donors (Lipinski definition) is 3. The van der Waals surface area contributed by atoms with Crippen LogP contribution >= 0.6 is 15.9 Å². The highest BCUT2D eigenvalue weighted by Gasteiger charge is 2.18. The molecule has 2 atom stereocenters. The molecule has 0 bridgehead atoms. The number of halogens is 1. The molecule has 0 spiro atoms. The molecule has 16 heavy (non-hydrogen) atoms. The van der Waals surface area contributed by atoms with Crippen LogP contribution in [0.5, 0.6) is 11.5 Å². The highest BCUT2D eigenvalue weighted by atomic mass is 79.9. The van der Waals surface area contributed by atoms with Crippen molar-refractivity contribution >= 4 is 15.9 Å². The fourth-order valence-corrected chi connectivity index (χ4v) is 1.84. The van der Waals surface area contributed by atoms with Crippen molar-refractivity contribution in [3.05, 3.63) is 23.8 Å². The molecule has 0 aromatic heterocycles. The summed E-state index contributed by atoms with van der Waals surface area (Å²) in [6, 6.07) is 4.50. The largest absolute Gasteiger partial charge is 0.504 e. The molecule has 0 radical (unpaired) electrons. The molecule has 0 saturated carbocycles. The summed E-state index contributed by atoms with van der Waals surface area (Å²) in [5.74, 6) is 0.288. The van der Waals surface area contributed by atoms with Crippen molar-refractivity contribution in [1.82, 2.24) is 0 Å². The normalized spacial score (nSPS) is 14.5. The molecule has 0 aliphatic rings. The molecule has 1 aromatic rings. The number of phenols is 1. The van der Waals surface area contributed by atoms with E-state index in [0.29, 0.717) is 17.3 Å². The van der Waals surface area contributed by atoms with Crippen LogP contribution in [0.2, 0.25) is 0 Å². The van der Waals surface area contributed by atoms with E-state index in [1.807, 2.05) is 0 Å². The van der Waals surface area contributed by atoms with E-state index in [1.54, 1.807) is 6.07 Å². The molecule has 1 rings (SSSR count). The number of rotatable bonds is 5. The number of aliphatic hydroxyl groups is 2. The fourth-order valence-electron chi connectivity index (χ4n) is 1.37. The zero-order chi connectivity index (χ0) is 12.1. The molecule has 1 aromatic carbocycles. The van der Waals surface area contributed by atoms with Crippen molar-refractivity contribution in [3.8, 4) is 11.5 Å². The number of aliphatic hydroxyl groups excluding tert-OH is 2. The van der Waals surface area contributed by atoms with Gasteiger partial charge < -0.3 is 20.1 Å². The van der Waals surface area contributed by atoms with Gasteiger partial charge in [0, 0.05) is 5.33 Å². The van der Waals surface area contributed by atoms with Crippen LogP contribution < -0.4 is 4.74 Å². The Balaban J connectivity index is 2.87. The van der Waals surface area contributed by atoms with Crippen LogP contribution in [0, 0.1) is 0 Å². The van der Waals surface area contributed by atoms with Crippen molar-refractivity contribution in [2.24, 2.45) is 0 Å². The first-order valence-corrected chi connectivity index (χ1v) is 6.01. The molecule has 0 heterocycles. The summed E-state index contributed by atoms with van der Waals surface area (Å²) in [5, 5.41) is 29.4. The Bertz CT molecular complexity index is 343. The van der Waals surface area contributed by atoms with Gasteiger partial charge in [-0.15, -0.1) is 0 Å². The third-order valence-electron chi connectivity index (χ3n) is 2.31. The average Bonchev–Trinajstić information content (AvgIpc) is 2.29. The smallest absolute Gasteiger partial charge is 0.160 e. The molecule has 90 valence electrons. The molecular formula is C11H15BrO4. The molecule has 0 aliphatic heterocycles. The van der Waals surface area contributed by atoms with Crippen molar-refractivity contribution in [3.63, 3.8) is 0 Å². The molecule has 0 aliphatic carbocycles. The molecular weight excluding hydrogens is 276 g/mol. The molecule has 5 heteroatoms. The predicted molar refractivity (Wildman–Crippen MR) is 64.0 cm³/mol. The maximum Gasteiger partial charge on any atom is 0.160 e. The van der Waals surface area contributed by atoms with Crippen LogP contribution in [0.1, 0.15) is 18.1 Å². The molecule has 0 fully saturated rings. The standard InChI is InChI=1S/C11H15BrO4/c1-16-10-6-7(2-3-8(10)13)11(15)9(14)4-5-12/h2-3,6,9,11,13-15H,4-5H2,1H3. The molecule has 2 unspecified atom stereocenters. The van der Waals surface area contributed by atoms with E-state index >= 15 is 0 Å². The second-order valence-electron chi connectivity index (χ2n) is 3.42. The van der Waals surface area contributed by atoms with Crippen molar-refractivity contribution < 1.29 is 20.1 Å². The first-order valence-electron chi connectivity index (χ1n) is 4.89. The van der Waals surface area contributed by atoms with Gasteiger partial charge in [0.25, 0.3) is 0 Å². The lowest BCUT2D eigenvalue weighted by atomic mass is 10.0. The van der Waals surface area contributed by atoms with Crippen molar-refractivity contribution in [1.29, 1.82) is 0 Å². The Labute approximate surface area is 103 Å². The summed E-state index contributed by atoms with van der Waals surface area (Å²) in [6.45, 7) is 0. The van der Waals surface area contributed by atoms with E-state index in [0.717, 1.165) is 0 Å². The maximum absolute atomic E-state index is 9.82. The summed E-state index contributed by atoms with van der Waals surface area (Å²) in [7, 11) is 1.43. The van der Waals surface area contributed by atoms with Gasteiger partial charge in [0.05, 0.1) is 13.2 Å².